The molecule has 2 amide bonds. The van der Waals surface area contributed by atoms with Gasteiger partial charge in [0.25, 0.3) is 0 Å². The molecule has 0 aromatic rings. The standard InChI is InChI=1S/C12H22N2O2/c1-9-6-5-7-14(9)11(16)10(13-8-15)12(2,3)4/h8-10H,5-7H2,1-4H3,(H,13,15). The number of nitrogens with one attached hydrogen (secondary N) is 1. The van der Waals surface area contributed by atoms with Gasteiger partial charge in [0.15, 0.2) is 0 Å². The summed E-state index contributed by atoms with van der Waals surface area (Å²) in [6.07, 6.45) is 2.74. The van der Waals surface area contributed by atoms with E-state index in [-0.39, 0.29) is 11.3 Å². The Morgan fingerprint density at radius 1 is 1.50 bits per heavy atom. The fourth-order valence-corrected chi connectivity index (χ4v) is 2.19. The molecule has 2 unspecified atom stereocenters. The normalized spacial score (nSPS) is 23.0. The first-order valence-electron chi connectivity index (χ1n) is 5.88. The van der Waals surface area contributed by atoms with Gasteiger partial charge in [-0.15, -0.1) is 0 Å². The van der Waals surface area contributed by atoms with E-state index in [4.69, 9.17) is 0 Å². The van der Waals surface area contributed by atoms with Crippen LogP contribution in [0.4, 0.5) is 0 Å². The predicted molar refractivity (Wildman–Crippen MR) is 62.9 cm³/mol. The van der Waals surface area contributed by atoms with Crippen LogP contribution in [0.25, 0.3) is 0 Å². The lowest BCUT2D eigenvalue weighted by atomic mass is 9.86. The van der Waals surface area contributed by atoms with Crippen molar-refractivity contribution >= 4 is 12.3 Å². The zero-order valence-corrected chi connectivity index (χ0v) is 10.6. The molecular weight excluding hydrogens is 204 g/mol. The maximum atomic E-state index is 12.3. The van der Waals surface area contributed by atoms with Crippen LogP contribution in [0.15, 0.2) is 0 Å². The fourth-order valence-electron chi connectivity index (χ4n) is 2.19. The Morgan fingerprint density at radius 2 is 2.12 bits per heavy atom. The van der Waals surface area contributed by atoms with Crippen molar-refractivity contribution in [3.63, 3.8) is 0 Å². The lowest BCUT2D eigenvalue weighted by Crippen LogP contribution is -2.53. The van der Waals surface area contributed by atoms with Gasteiger partial charge < -0.3 is 10.2 Å². The highest BCUT2D eigenvalue weighted by atomic mass is 16.2. The Hall–Kier alpha value is -1.06. The van der Waals surface area contributed by atoms with Crippen molar-refractivity contribution in [2.75, 3.05) is 6.54 Å². The second kappa shape index (κ2) is 4.85. The summed E-state index contributed by atoms with van der Waals surface area (Å²) < 4.78 is 0. The zero-order chi connectivity index (χ0) is 12.3. The Kier molecular flexibility index (Phi) is 3.94. The van der Waals surface area contributed by atoms with Crippen LogP contribution in [-0.4, -0.2) is 35.8 Å². The SMILES string of the molecule is CC1CCCN1C(=O)C(NC=O)C(C)(C)C. The molecule has 1 rings (SSSR count). The summed E-state index contributed by atoms with van der Waals surface area (Å²) in [5.74, 6) is 0.0459. The van der Waals surface area contributed by atoms with Crippen LogP contribution in [0.3, 0.4) is 0 Å². The van der Waals surface area contributed by atoms with Crippen LogP contribution in [0.5, 0.6) is 0 Å². The molecule has 0 aliphatic carbocycles. The number of carbonyl (C=O) groups excluding carboxylic acids is 2. The second-order valence-electron chi connectivity index (χ2n) is 5.61. The number of amides is 2. The minimum Gasteiger partial charge on any atom is -0.346 e. The monoisotopic (exact) mass is 226 g/mol. The summed E-state index contributed by atoms with van der Waals surface area (Å²) in [7, 11) is 0. The van der Waals surface area contributed by atoms with E-state index in [1.54, 1.807) is 0 Å². The fraction of sp³-hybridized carbons (Fsp3) is 0.833. The largest absolute Gasteiger partial charge is 0.346 e. The van der Waals surface area contributed by atoms with Crippen molar-refractivity contribution in [1.82, 2.24) is 10.2 Å². The Labute approximate surface area is 97.4 Å². The summed E-state index contributed by atoms with van der Waals surface area (Å²) >= 11 is 0. The van der Waals surface area contributed by atoms with E-state index in [2.05, 4.69) is 12.2 Å². The average Bonchev–Trinajstić information content (AvgIpc) is 2.58. The third-order valence-electron chi connectivity index (χ3n) is 3.18. The molecule has 0 radical (unpaired) electrons. The average molecular weight is 226 g/mol. The predicted octanol–water partition coefficient (Wildman–Crippen LogP) is 1.16. The van der Waals surface area contributed by atoms with Gasteiger partial charge in [0.2, 0.25) is 12.3 Å². The minimum absolute atomic E-state index is 0.0459. The maximum absolute atomic E-state index is 12.3. The van der Waals surface area contributed by atoms with Crippen LogP contribution in [-0.2, 0) is 9.59 Å². The van der Waals surface area contributed by atoms with Gasteiger partial charge in [-0.25, -0.2) is 0 Å². The molecule has 4 nitrogen and oxygen atoms in total. The molecule has 2 atom stereocenters. The van der Waals surface area contributed by atoms with Crippen LogP contribution in [0.1, 0.15) is 40.5 Å². The topological polar surface area (TPSA) is 49.4 Å². The minimum atomic E-state index is -0.425. The number of rotatable bonds is 3. The smallest absolute Gasteiger partial charge is 0.245 e. The van der Waals surface area contributed by atoms with E-state index in [1.165, 1.54) is 0 Å². The second-order valence-corrected chi connectivity index (χ2v) is 5.61. The summed E-state index contributed by atoms with van der Waals surface area (Å²) in [5.41, 5.74) is -0.250. The summed E-state index contributed by atoms with van der Waals surface area (Å²) in [6, 6.07) is -0.128. The summed E-state index contributed by atoms with van der Waals surface area (Å²) in [4.78, 5) is 24.8. The van der Waals surface area contributed by atoms with E-state index in [0.717, 1.165) is 19.4 Å². The molecule has 1 heterocycles. The first-order chi connectivity index (χ1) is 7.38. The quantitative estimate of drug-likeness (QED) is 0.734. The molecule has 1 N–H and O–H groups in total. The molecule has 0 bridgehead atoms. The van der Waals surface area contributed by atoms with Crippen LogP contribution < -0.4 is 5.32 Å². The van der Waals surface area contributed by atoms with E-state index >= 15 is 0 Å². The molecular formula is C12H22N2O2. The molecule has 1 saturated heterocycles. The van der Waals surface area contributed by atoms with Gasteiger partial charge >= 0.3 is 0 Å². The van der Waals surface area contributed by atoms with Gasteiger partial charge in [-0.1, -0.05) is 20.8 Å². The lowest BCUT2D eigenvalue weighted by molar-refractivity contribution is -0.138. The Morgan fingerprint density at radius 3 is 2.50 bits per heavy atom. The highest BCUT2D eigenvalue weighted by molar-refractivity contribution is 5.85. The molecule has 1 aliphatic rings. The van der Waals surface area contributed by atoms with Crippen molar-refractivity contribution in [1.29, 1.82) is 0 Å². The van der Waals surface area contributed by atoms with E-state index in [0.29, 0.717) is 12.5 Å². The van der Waals surface area contributed by atoms with Gasteiger partial charge in [0.05, 0.1) is 0 Å². The van der Waals surface area contributed by atoms with E-state index < -0.39 is 6.04 Å². The van der Waals surface area contributed by atoms with Crippen molar-refractivity contribution in [3.8, 4) is 0 Å². The van der Waals surface area contributed by atoms with E-state index in [1.807, 2.05) is 25.7 Å². The third-order valence-corrected chi connectivity index (χ3v) is 3.18. The molecule has 0 aromatic carbocycles. The molecule has 4 heteroatoms. The zero-order valence-electron chi connectivity index (χ0n) is 10.6. The van der Waals surface area contributed by atoms with Gasteiger partial charge in [0.1, 0.15) is 6.04 Å². The summed E-state index contributed by atoms with van der Waals surface area (Å²) in [5, 5.41) is 2.65. The Balaban J connectivity index is 2.78. The van der Waals surface area contributed by atoms with Gasteiger partial charge in [0, 0.05) is 12.6 Å². The van der Waals surface area contributed by atoms with Crippen LogP contribution in [0.2, 0.25) is 0 Å². The van der Waals surface area contributed by atoms with Crippen molar-refractivity contribution < 1.29 is 9.59 Å². The van der Waals surface area contributed by atoms with Gasteiger partial charge in [-0.05, 0) is 25.2 Å². The first-order valence-corrected chi connectivity index (χ1v) is 5.88. The van der Waals surface area contributed by atoms with Crippen molar-refractivity contribution in [2.45, 2.75) is 52.6 Å². The highest BCUT2D eigenvalue weighted by Gasteiger charge is 2.37. The molecule has 1 fully saturated rings. The van der Waals surface area contributed by atoms with E-state index in [9.17, 15) is 9.59 Å². The lowest BCUT2D eigenvalue weighted by Gasteiger charge is -2.34. The molecule has 0 saturated carbocycles. The first kappa shape index (κ1) is 13.0. The molecule has 0 aromatic heterocycles. The van der Waals surface area contributed by atoms with Crippen LogP contribution >= 0.6 is 0 Å². The van der Waals surface area contributed by atoms with Crippen LogP contribution in [0, 0.1) is 5.41 Å². The van der Waals surface area contributed by atoms with Crippen molar-refractivity contribution in [2.24, 2.45) is 5.41 Å². The van der Waals surface area contributed by atoms with Gasteiger partial charge in [-0.3, -0.25) is 9.59 Å². The maximum Gasteiger partial charge on any atom is 0.245 e. The number of hydrogen-bond donors (Lipinski definition) is 1. The highest BCUT2D eigenvalue weighted by Crippen LogP contribution is 2.24. The van der Waals surface area contributed by atoms with Crippen molar-refractivity contribution in [3.05, 3.63) is 0 Å². The van der Waals surface area contributed by atoms with Gasteiger partial charge in [-0.2, -0.15) is 0 Å². The molecule has 1 aliphatic heterocycles. The third kappa shape index (κ3) is 2.74. The molecule has 0 spiro atoms. The summed E-state index contributed by atoms with van der Waals surface area (Å²) in [6.45, 7) is 8.77. The number of nitrogens with zero attached hydrogens (tertiary/aromatic N) is 1. The number of carbonyl (C=O) groups is 2. The molecule has 92 valence electrons. The molecule has 16 heavy (non-hydrogen) atoms. The number of hydrogen-bond acceptors (Lipinski definition) is 2. The number of likely N-dealkylation sites (tertiary alicyclic amines) is 1. The Bertz CT molecular complexity index is 271.